The molecule has 0 aromatic heterocycles. The van der Waals surface area contributed by atoms with Crippen molar-refractivity contribution in [2.45, 2.75) is 43.6 Å². The normalized spacial score (nSPS) is 30.0. The molecule has 2 aliphatic rings. The Hall–Kier alpha value is -2.00. The minimum absolute atomic E-state index is 0.247. The van der Waals surface area contributed by atoms with Crippen molar-refractivity contribution in [1.29, 1.82) is 0 Å². The summed E-state index contributed by atoms with van der Waals surface area (Å²) in [4.78, 5) is 0. The Labute approximate surface area is 131 Å². The first-order chi connectivity index (χ1) is 10.9. The van der Waals surface area contributed by atoms with Gasteiger partial charge in [0.1, 0.15) is 23.7 Å². The Morgan fingerprint density at radius 3 is 2.05 bits per heavy atom. The number of rotatable bonds is 4. The molecular weight excluding hydrogens is 274 g/mol. The lowest BCUT2D eigenvalue weighted by molar-refractivity contribution is 0.116. The molecule has 0 radical (unpaired) electrons. The van der Waals surface area contributed by atoms with Crippen LogP contribution in [-0.4, -0.2) is 24.3 Å². The van der Waals surface area contributed by atoms with E-state index in [-0.39, 0.29) is 12.2 Å². The van der Waals surface area contributed by atoms with Crippen LogP contribution in [0.15, 0.2) is 60.7 Å². The molecule has 3 heteroatoms. The quantitative estimate of drug-likeness (QED) is 0.937. The molecule has 4 rings (SSSR count). The van der Waals surface area contributed by atoms with Gasteiger partial charge in [0, 0.05) is 24.9 Å². The molecule has 4 unspecified atom stereocenters. The molecule has 22 heavy (non-hydrogen) atoms. The smallest absolute Gasteiger partial charge is 0.119 e. The summed E-state index contributed by atoms with van der Waals surface area (Å²) in [5, 5.41) is 3.67. The van der Waals surface area contributed by atoms with Crippen LogP contribution in [0.2, 0.25) is 0 Å². The first kappa shape index (κ1) is 13.6. The van der Waals surface area contributed by atoms with Crippen molar-refractivity contribution in [3.8, 4) is 11.5 Å². The summed E-state index contributed by atoms with van der Waals surface area (Å²) < 4.78 is 12.3. The molecule has 0 amide bonds. The average Bonchev–Trinajstić information content (AvgIpc) is 2.83. The Morgan fingerprint density at radius 1 is 0.727 bits per heavy atom. The van der Waals surface area contributed by atoms with Crippen LogP contribution < -0.4 is 14.8 Å². The van der Waals surface area contributed by atoms with E-state index in [0.29, 0.717) is 12.1 Å². The molecule has 114 valence electrons. The predicted octanol–water partition coefficient (Wildman–Crippen LogP) is 3.41. The van der Waals surface area contributed by atoms with Gasteiger partial charge >= 0.3 is 0 Å². The van der Waals surface area contributed by atoms with Gasteiger partial charge in [0.05, 0.1) is 0 Å². The lowest BCUT2D eigenvalue weighted by Crippen LogP contribution is -2.45. The molecule has 2 aromatic rings. The monoisotopic (exact) mass is 295 g/mol. The maximum Gasteiger partial charge on any atom is 0.119 e. The zero-order valence-corrected chi connectivity index (χ0v) is 12.5. The Morgan fingerprint density at radius 2 is 1.36 bits per heavy atom. The Balaban J connectivity index is 1.40. The maximum absolute atomic E-state index is 6.17. The van der Waals surface area contributed by atoms with E-state index in [0.717, 1.165) is 30.8 Å². The molecule has 0 spiro atoms. The van der Waals surface area contributed by atoms with Crippen LogP contribution in [0.5, 0.6) is 11.5 Å². The molecule has 2 fully saturated rings. The summed E-state index contributed by atoms with van der Waals surface area (Å²) in [5.41, 5.74) is 0. The van der Waals surface area contributed by atoms with Gasteiger partial charge in [-0.05, 0) is 30.7 Å². The highest BCUT2D eigenvalue weighted by Gasteiger charge is 2.42. The third kappa shape index (κ3) is 2.95. The minimum Gasteiger partial charge on any atom is -0.490 e. The summed E-state index contributed by atoms with van der Waals surface area (Å²) in [6.07, 6.45) is 3.65. The van der Waals surface area contributed by atoms with Crippen LogP contribution in [0.25, 0.3) is 0 Å². The molecule has 0 aliphatic carbocycles. The van der Waals surface area contributed by atoms with Gasteiger partial charge in [-0.2, -0.15) is 0 Å². The highest BCUT2D eigenvalue weighted by atomic mass is 16.5. The fraction of sp³-hybridized carbons (Fsp3) is 0.368. The van der Waals surface area contributed by atoms with E-state index < -0.39 is 0 Å². The summed E-state index contributed by atoms with van der Waals surface area (Å²) in [6.45, 7) is 0. The van der Waals surface area contributed by atoms with Crippen molar-refractivity contribution in [2.75, 3.05) is 0 Å². The highest BCUT2D eigenvalue weighted by Crippen LogP contribution is 2.32. The van der Waals surface area contributed by atoms with Gasteiger partial charge in [0.25, 0.3) is 0 Å². The molecule has 2 heterocycles. The number of para-hydroxylation sites is 2. The van der Waals surface area contributed by atoms with E-state index in [2.05, 4.69) is 5.32 Å². The average molecular weight is 295 g/mol. The van der Waals surface area contributed by atoms with E-state index in [1.807, 2.05) is 60.7 Å². The molecule has 2 bridgehead atoms. The van der Waals surface area contributed by atoms with Crippen LogP contribution >= 0.6 is 0 Å². The highest BCUT2D eigenvalue weighted by molar-refractivity contribution is 5.23. The van der Waals surface area contributed by atoms with Crippen molar-refractivity contribution in [3.05, 3.63) is 60.7 Å². The van der Waals surface area contributed by atoms with E-state index in [1.54, 1.807) is 0 Å². The van der Waals surface area contributed by atoms with Crippen molar-refractivity contribution in [3.63, 3.8) is 0 Å². The van der Waals surface area contributed by atoms with Crippen LogP contribution in [0.1, 0.15) is 19.3 Å². The summed E-state index contributed by atoms with van der Waals surface area (Å²) in [5.74, 6) is 1.93. The summed E-state index contributed by atoms with van der Waals surface area (Å²) in [7, 11) is 0. The van der Waals surface area contributed by atoms with Crippen molar-refractivity contribution < 1.29 is 9.47 Å². The molecule has 2 aliphatic heterocycles. The van der Waals surface area contributed by atoms with E-state index in [4.69, 9.17) is 9.47 Å². The first-order valence-corrected chi connectivity index (χ1v) is 8.06. The molecule has 2 aromatic carbocycles. The van der Waals surface area contributed by atoms with Crippen LogP contribution in [0.4, 0.5) is 0 Å². The third-order valence-corrected chi connectivity index (χ3v) is 4.56. The second-order valence-corrected chi connectivity index (χ2v) is 6.20. The second-order valence-electron chi connectivity index (χ2n) is 6.20. The van der Waals surface area contributed by atoms with E-state index in [1.165, 1.54) is 0 Å². The molecule has 4 atom stereocenters. The number of hydrogen-bond donors (Lipinski definition) is 1. The molecule has 1 N–H and O–H groups in total. The number of fused-ring (bicyclic) bond motifs is 2. The first-order valence-electron chi connectivity index (χ1n) is 8.06. The lowest BCUT2D eigenvalue weighted by Gasteiger charge is -2.30. The number of benzene rings is 2. The van der Waals surface area contributed by atoms with Crippen LogP contribution in [0, 0.1) is 0 Å². The van der Waals surface area contributed by atoms with Gasteiger partial charge in [-0.25, -0.2) is 0 Å². The standard InChI is InChI=1S/C19H21NO2/c1-3-7-15(8-4-1)21-17-11-14-12-19(18(13-17)20-14)22-16-9-5-2-6-10-16/h1-10,14,17-20H,11-13H2. The SMILES string of the molecule is c1ccc(OC2CC3CC(Oc4ccccc4)C(C2)N3)cc1. The maximum atomic E-state index is 6.17. The minimum atomic E-state index is 0.247. The Bertz CT molecular complexity index is 599. The zero-order chi connectivity index (χ0) is 14.8. The van der Waals surface area contributed by atoms with Gasteiger partial charge in [-0.1, -0.05) is 36.4 Å². The number of hydrogen-bond acceptors (Lipinski definition) is 3. The molecule has 2 saturated heterocycles. The van der Waals surface area contributed by atoms with Gasteiger partial charge < -0.3 is 14.8 Å². The predicted molar refractivity (Wildman–Crippen MR) is 86.3 cm³/mol. The van der Waals surface area contributed by atoms with Gasteiger partial charge in [0.15, 0.2) is 0 Å². The molecule has 3 nitrogen and oxygen atoms in total. The summed E-state index contributed by atoms with van der Waals surface area (Å²) in [6, 6.07) is 21.1. The zero-order valence-electron chi connectivity index (χ0n) is 12.5. The van der Waals surface area contributed by atoms with Crippen LogP contribution in [0.3, 0.4) is 0 Å². The van der Waals surface area contributed by atoms with E-state index >= 15 is 0 Å². The third-order valence-electron chi connectivity index (χ3n) is 4.56. The Kier molecular flexibility index (Phi) is 3.73. The van der Waals surface area contributed by atoms with Gasteiger partial charge in [-0.3, -0.25) is 0 Å². The second kappa shape index (κ2) is 6.01. The van der Waals surface area contributed by atoms with Crippen LogP contribution in [-0.2, 0) is 0 Å². The summed E-state index contributed by atoms with van der Waals surface area (Å²) >= 11 is 0. The number of ether oxygens (including phenoxy) is 2. The topological polar surface area (TPSA) is 30.5 Å². The fourth-order valence-electron chi connectivity index (χ4n) is 3.60. The largest absolute Gasteiger partial charge is 0.490 e. The van der Waals surface area contributed by atoms with Gasteiger partial charge in [-0.15, -0.1) is 0 Å². The fourth-order valence-corrected chi connectivity index (χ4v) is 3.60. The lowest BCUT2D eigenvalue weighted by atomic mass is 10.0. The van der Waals surface area contributed by atoms with Crippen molar-refractivity contribution >= 4 is 0 Å². The van der Waals surface area contributed by atoms with Crippen molar-refractivity contribution in [1.82, 2.24) is 5.32 Å². The van der Waals surface area contributed by atoms with Gasteiger partial charge in [0.2, 0.25) is 0 Å². The molecular formula is C19H21NO2. The van der Waals surface area contributed by atoms with E-state index in [9.17, 15) is 0 Å². The molecule has 0 saturated carbocycles. The van der Waals surface area contributed by atoms with Crippen molar-refractivity contribution in [2.24, 2.45) is 0 Å². The number of nitrogens with one attached hydrogen (secondary N) is 1. The number of piperidine rings is 1.